The van der Waals surface area contributed by atoms with Gasteiger partial charge in [-0.05, 0) is 31.5 Å². The second-order valence-electron chi connectivity index (χ2n) is 4.36. The normalized spacial score (nSPS) is 13.3. The van der Waals surface area contributed by atoms with Crippen LogP contribution < -0.4 is 5.73 Å². The summed E-state index contributed by atoms with van der Waals surface area (Å²) < 4.78 is 18.0. The number of carbonyl (C=O) groups excluding carboxylic acids is 1. The van der Waals surface area contributed by atoms with Crippen molar-refractivity contribution in [1.82, 2.24) is 0 Å². The van der Waals surface area contributed by atoms with Crippen LogP contribution in [-0.2, 0) is 9.53 Å². The average molecular weight is 260 g/mol. The van der Waals surface area contributed by atoms with Crippen LogP contribution in [0.1, 0.15) is 25.5 Å². The molecule has 0 saturated heterocycles. The van der Waals surface area contributed by atoms with Crippen LogP contribution in [0.25, 0.3) is 0 Å². The van der Waals surface area contributed by atoms with Gasteiger partial charge in [0, 0.05) is 6.04 Å². The van der Waals surface area contributed by atoms with Crippen LogP contribution >= 0.6 is 11.6 Å². The molecular formula is C12H15ClFNO2. The van der Waals surface area contributed by atoms with E-state index in [2.05, 4.69) is 4.74 Å². The van der Waals surface area contributed by atoms with Crippen molar-refractivity contribution in [2.24, 2.45) is 11.1 Å². The first-order valence-electron chi connectivity index (χ1n) is 5.09. The number of ether oxygens (including phenoxy) is 1. The molecule has 1 aromatic carbocycles. The summed E-state index contributed by atoms with van der Waals surface area (Å²) in [6.07, 6.45) is 0. The predicted octanol–water partition coefficient (Wildman–Crippen LogP) is 2.68. The van der Waals surface area contributed by atoms with E-state index in [4.69, 9.17) is 17.3 Å². The van der Waals surface area contributed by atoms with Crippen LogP contribution in [0.15, 0.2) is 18.2 Å². The molecule has 0 radical (unpaired) electrons. The number of halogens is 2. The van der Waals surface area contributed by atoms with E-state index < -0.39 is 23.2 Å². The summed E-state index contributed by atoms with van der Waals surface area (Å²) in [5.74, 6) is -0.999. The molecule has 1 rings (SSSR count). The number of carbonyl (C=O) groups is 1. The Bertz CT molecular complexity index is 435. The largest absolute Gasteiger partial charge is 0.469 e. The van der Waals surface area contributed by atoms with Crippen LogP contribution in [0.3, 0.4) is 0 Å². The third kappa shape index (κ3) is 2.76. The molecule has 0 bridgehead atoms. The Balaban J connectivity index is 3.07. The maximum atomic E-state index is 13.3. The standard InChI is InChI=1S/C12H15ClFNO2/c1-12(2,11(16)17-3)10(15)7-4-5-8(13)9(14)6-7/h4-6,10H,15H2,1-3H3/t10-/m1/s1. The highest BCUT2D eigenvalue weighted by Crippen LogP contribution is 2.33. The van der Waals surface area contributed by atoms with Crippen LogP contribution in [0.5, 0.6) is 0 Å². The SMILES string of the molecule is COC(=O)C(C)(C)[C@H](N)c1ccc(Cl)c(F)c1. The van der Waals surface area contributed by atoms with Crippen molar-refractivity contribution in [3.8, 4) is 0 Å². The number of hydrogen-bond donors (Lipinski definition) is 1. The average Bonchev–Trinajstić information content (AvgIpc) is 2.30. The van der Waals surface area contributed by atoms with E-state index in [0.717, 1.165) is 0 Å². The fraction of sp³-hybridized carbons (Fsp3) is 0.417. The molecule has 0 aromatic heterocycles. The number of methoxy groups -OCH3 is 1. The summed E-state index contributed by atoms with van der Waals surface area (Å²) in [4.78, 5) is 11.6. The molecule has 5 heteroatoms. The first-order valence-corrected chi connectivity index (χ1v) is 5.47. The van der Waals surface area contributed by atoms with Crippen LogP contribution in [0.2, 0.25) is 5.02 Å². The lowest BCUT2D eigenvalue weighted by Gasteiger charge is -2.28. The highest BCUT2D eigenvalue weighted by molar-refractivity contribution is 6.30. The topological polar surface area (TPSA) is 52.3 Å². The Hall–Kier alpha value is -1.13. The van der Waals surface area contributed by atoms with E-state index in [1.54, 1.807) is 19.9 Å². The van der Waals surface area contributed by atoms with E-state index in [0.29, 0.717) is 5.56 Å². The number of benzene rings is 1. The van der Waals surface area contributed by atoms with Gasteiger partial charge in [0.05, 0.1) is 17.5 Å². The molecule has 0 saturated carbocycles. The quantitative estimate of drug-likeness (QED) is 0.849. The molecule has 3 nitrogen and oxygen atoms in total. The minimum absolute atomic E-state index is 0.0248. The monoisotopic (exact) mass is 259 g/mol. The molecule has 0 aliphatic heterocycles. The van der Waals surface area contributed by atoms with Crippen LogP contribution in [0, 0.1) is 11.2 Å². The Labute approximate surface area is 105 Å². The molecule has 1 atom stereocenters. The molecule has 2 N–H and O–H groups in total. The van der Waals surface area contributed by atoms with Gasteiger partial charge in [-0.2, -0.15) is 0 Å². The molecule has 17 heavy (non-hydrogen) atoms. The summed E-state index contributed by atoms with van der Waals surface area (Å²) >= 11 is 5.58. The second-order valence-corrected chi connectivity index (χ2v) is 4.77. The molecule has 1 aromatic rings. The van der Waals surface area contributed by atoms with Gasteiger partial charge in [0.15, 0.2) is 0 Å². The maximum absolute atomic E-state index is 13.3. The summed E-state index contributed by atoms with van der Waals surface area (Å²) in [5, 5.41) is 0.0248. The van der Waals surface area contributed by atoms with E-state index in [1.165, 1.54) is 19.2 Å². The fourth-order valence-corrected chi connectivity index (χ4v) is 1.63. The van der Waals surface area contributed by atoms with E-state index >= 15 is 0 Å². The highest BCUT2D eigenvalue weighted by atomic mass is 35.5. The Morgan fingerprint density at radius 2 is 2.12 bits per heavy atom. The molecule has 0 amide bonds. The van der Waals surface area contributed by atoms with Crippen LogP contribution in [0.4, 0.5) is 4.39 Å². The van der Waals surface area contributed by atoms with E-state index in [-0.39, 0.29) is 5.02 Å². The zero-order valence-corrected chi connectivity index (χ0v) is 10.7. The van der Waals surface area contributed by atoms with E-state index in [1.807, 2.05) is 0 Å². The molecule has 0 heterocycles. The molecular weight excluding hydrogens is 245 g/mol. The maximum Gasteiger partial charge on any atom is 0.313 e. The minimum atomic E-state index is -0.935. The summed E-state index contributed by atoms with van der Waals surface area (Å²) in [6.45, 7) is 3.30. The second kappa shape index (κ2) is 5.02. The number of esters is 1. The lowest BCUT2D eigenvalue weighted by molar-refractivity contribution is -0.152. The summed E-state index contributed by atoms with van der Waals surface area (Å²) in [7, 11) is 1.29. The van der Waals surface area contributed by atoms with Crippen LogP contribution in [-0.4, -0.2) is 13.1 Å². The van der Waals surface area contributed by atoms with Gasteiger partial charge in [-0.15, -0.1) is 0 Å². The van der Waals surface area contributed by atoms with Crippen molar-refractivity contribution in [2.75, 3.05) is 7.11 Å². The lowest BCUT2D eigenvalue weighted by Crippen LogP contribution is -2.37. The third-order valence-electron chi connectivity index (χ3n) is 2.79. The van der Waals surface area contributed by atoms with Gasteiger partial charge in [0.25, 0.3) is 0 Å². The molecule has 0 unspecified atom stereocenters. The molecule has 0 spiro atoms. The first kappa shape index (κ1) is 13.9. The number of hydrogen-bond acceptors (Lipinski definition) is 3. The van der Waals surface area contributed by atoms with Gasteiger partial charge in [-0.25, -0.2) is 4.39 Å². The van der Waals surface area contributed by atoms with Crippen molar-refractivity contribution < 1.29 is 13.9 Å². The van der Waals surface area contributed by atoms with Crippen molar-refractivity contribution >= 4 is 17.6 Å². The summed E-state index contributed by atoms with van der Waals surface area (Å²) in [5.41, 5.74) is 5.52. The van der Waals surface area contributed by atoms with Gasteiger partial charge in [-0.3, -0.25) is 4.79 Å². The van der Waals surface area contributed by atoms with Crippen molar-refractivity contribution in [3.63, 3.8) is 0 Å². The minimum Gasteiger partial charge on any atom is -0.469 e. The van der Waals surface area contributed by atoms with Gasteiger partial charge in [0.1, 0.15) is 5.82 Å². The highest BCUT2D eigenvalue weighted by Gasteiger charge is 2.36. The molecule has 0 aliphatic carbocycles. The van der Waals surface area contributed by atoms with E-state index in [9.17, 15) is 9.18 Å². The van der Waals surface area contributed by atoms with Gasteiger partial charge >= 0.3 is 5.97 Å². The smallest absolute Gasteiger partial charge is 0.313 e. The molecule has 94 valence electrons. The zero-order chi connectivity index (χ0) is 13.2. The molecule has 0 fully saturated rings. The third-order valence-corrected chi connectivity index (χ3v) is 3.10. The van der Waals surface area contributed by atoms with Crippen molar-refractivity contribution in [2.45, 2.75) is 19.9 Å². The van der Waals surface area contributed by atoms with Gasteiger partial charge in [0.2, 0.25) is 0 Å². The van der Waals surface area contributed by atoms with Gasteiger partial charge in [-0.1, -0.05) is 17.7 Å². The van der Waals surface area contributed by atoms with Crippen molar-refractivity contribution in [1.29, 1.82) is 0 Å². The Morgan fingerprint density at radius 1 is 1.53 bits per heavy atom. The van der Waals surface area contributed by atoms with Gasteiger partial charge < -0.3 is 10.5 Å². The lowest BCUT2D eigenvalue weighted by atomic mass is 9.81. The van der Waals surface area contributed by atoms with Crippen molar-refractivity contribution in [3.05, 3.63) is 34.6 Å². The number of nitrogens with two attached hydrogens (primary N) is 1. The summed E-state index contributed by atoms with van der Waals surface area (Å²) in [6, 6.07) is 3.58. The predicted molar refractivity (Wildman–Crippen MR) is 64.1 cm³/mol. The Kier molecular flexibility index (Phi) is 4.11. The Morgan fingerprint density at radius 3 is 2.59 bits per heavy atom. The zero-order valence-electron chi connectivity index (χ0n) is 9.96. The fourth-order valence-electron chi connectivity index (χ4n) is 1.51. The molecule has 0 aliphatic rings. The first-order chi connectivity index (χ1) is 7.80. The number of rotatable bonds is 3.